The molecule has 154 valence electrons. The highest BCUT2D eigenvalue weighted by Gasteiger charge is 2.39. The van der Waals surface area contributed by atoms with Crippen molar-refractivity contribution in [2.24, 2.45) is 4.99 Å². The maximum absolute atomic E-state index is 5.62. The summed E-state index contributed by atoms with van der Waals surface area (Å²) >= 11 is 1.63. The van der Waals surface area contributed by atoms with Crippen molar-refractivity contribution in [1.82, 2.24) is 4.90 Å². The van der Waals surface area contributed by atoms with Gasteiger partial charge in [-0.2, -0.15) is 0 Å². The highest BCUT2D eigenvalue weighted by atomic mass is 32.2. The van der Waals surface area contributed by atoms with Gasteiger partial charge in [0.15, 0.2) is 16.7 Å². The first-order valence-electron chi connectivity index (χ1n) is 9.59. The van der Waals surface area contributed by atoms with E-state index in [2.05, 4.69) is 28.6 Å². The van der Waals surface area contributed by atoms with Crippen LogP contribution in [0.2, 0.25) is 0 Å². The van der Waals surface area contributed by atoms with Gasteiger partial charge in [-0.05, 0) is 58.9 Å². The molecule has 5 rings (SSSR count). The topological polar surface area (TPSA) is 52.5 Å². The van der Waals surface area contributed by atoms with Gasteiger partial charge in [0.25, 0.3) is 0 Å². The number of fused-ring (bicyclic) bond motifs is 3. The van der Waals surface area contributed by atoms with Crippen molar-refractivity contribution >= 4 is 22.6 Å². The third-order valence-electron chi connectivity index (χ3n) is 5.69. The van der Waals surface area contributed by atoms with E-state index in [1.54, 1.807) is 40.2 Å². The summed E-state index contributed by atoms with van der Waals surface area (Å²) in [4.78, 5) is 7.21. The van der Waals surface area contributed by atoms with Crippen LogP contribution in [0.3, 0.4) is 0 Å². The first-order chi connectivity index (χ1) is 14.7. The minimum Gasteiger partial charge on any atom is -0.497 e. The van der Waals surface area contributed by atoms with E-state index in [0.717, 1.165) is 28.6 Å². The Kier molecular flexibility index (Phi) is 4.62. The molecule has 2 aromatic rings. The predicted molar refractivity (Wildman–Crippen MR) is 118 cm³/mol. The Morgan fingerprint density at radius 3 is 2.40 bits per heavy atom. The standard InChI is InChI=1S/C23H22N2O4S/c1-26-15-5-6-16-13(9-15)10-17-20(16)24-23-25(7-8-30-23)21(17)14-11-18(27-2)22(29-4)19(12-14)28-3/h5-9,11-12,21H,10H2,1-4H3. The number of aliphatic imine (C=N–C) groups is 1. The number of benzene rings is 2. The molecule has 2 aromatic carbocycles. The maximum atomic E-state index is 5.62. The molecular formula is C23H22N2O4S. The Balaban J connectivity index is 1.67. The van der Waals surface area contributed by atoms with Gasteiger partial charge in [-0.1, -0.05) is 11.8 Å². The molecule has 0 amide bonds. The van der Waals surface area contributed by atoms with Crippen molar-refractivity contribution in [3.63, 3.8) is 0 Å². The summed E-state index contributed by atoms with van der Waals surface area (Å²) in [6.45, 7) is 0. The number of nitrogens with zero attached hydrogens (tertiary/aromatic N) is 2. The van der Waals surface area contributed by atoms with Crippen molar-refractivity contribution in [1.29, 1.82) is 0 Å². The Hall–Kier alpha value is -3.06. The Morgan fingerprint density at radius 1 is 0.967 bits per heavy atom. The molecule has 0 radical (unpaired) electrons. The number of ether oxygens (including phenoxy) is 4. The van der Waals surface area contributed by atoms with Gasteiger partial charge in [-0.3, -0.25) is 0 Å². The molecule has 0 spiro atoms. The molecule has 2 heterocycles. The van der Waals surface area contributed by atoms with Crippen molar-refractivity contribution in [3.05, 3.63) is 64.2 Å². The van der Waals surface area contributed by atoms with Crippen LogP contribution >= 0.6 is 11.8 Å². The van der Waals surface area contributed by atoms with E-state index in [-0.39, 0.29) is 6.04 Å². The number of amidine groups is 1. The molecular weight excluding hydrogens is 400 g/mol. The van der Waals surface area contributed by atoms with Crippen LogP contribution in [0.15, 0.2) is 52.5 Å². The van der Waals surface area contributed by atoms with Crippen LogP contribution in [-0.4, -0.2) is 38.5 Å². The molecule has 7 heteroatoms. The highest BCUT2D eigenvalue weighted by molar-refractivity contribution is 8.16. The Labute approximate surface area is 179 Å². The summed E-state index contributed by atoms with van der Waals surface area (Å²) in [6.07, 6.45) is 2.90. The van der Waals surface area contributed by atoms with E-state index in [9.17, 15) is 0 Å². The monoisotopic (exact) mass is 422 g/mol. The van der Waals surface area contributed by atoms with E-state index in [1.165, 1.54) is 16.7 Å². The summed E-state index contributed by atoms with van der Waals surface area (Å²) in [7, 11) is 6.60. The molecule has 0 aromatic heterocycles. The Bertz CT molecular complexity index is 1100. The van der Waals surface area contributed by atoms with Gasteiger partial charge >= 0.3 is 0 Å². The molecule has 1 aliphatic carbocycles. The van der Waals surface area contributed by atoms with Crippen LogP contribution in [0.1, 0.15) is 22.7 Å². The van der Waals surface area contributed by atoms with Gasteiger partial charge < -0.3 is 23.8 Å². The molecule has 30 heavy (non-hydrogen) atoms. The van der Waals surface area contributed by atoms with Gasteiger partial charge in [-0.15, -0.1) is 0 Å². The average Bonchev–Trinajstić information content (AvgIpc) is 3.39. The van der Waals surface area contributed by atoms with Gasteiger partial charge in [0, 0.05) is 11.8 Å². The summed E-state index contributed by atoms with van der Waals surface area (Å²) in [5.41, 5.74) is 5.77. The fraction of sp³-hybridized carbons (Fsp3) is 0.261. The van der Waals surface area contributed by atoms with Crippen LogP contribution in [0.5, 0.6) is 23.0 Å². The molecule has 3 aliphatic rings. The second-order valence-corrected chi connectivity index (χ2v) is 8.01. The molecule has 0 N–H and O–H groups in total. The first-order valence-corrected chi connectivity index (χ1v) is 10.5. The van der Waals surface area contributed by atoms with Gasteiger partial charge in [0.05, 0.1) is 40.2 Å². The lowest BCUT2D eigenvalue weighted by atomic mass is 9.93. The van der Waals surface area contributed by atoms with E-state index >= 15 is 0 Å². The first kappa shape index (κ1) is 18.9. The number of rotatable bonds is 5. The zero-order valence-corrected chi connectivity index (χ0v) is 18.1. The lowest BCUT2D eigenvalue weighted by Gasteiger charge is -2.33. The third kappa shape index (κ3) is 2.76. The van der Waals surface area contributed by atoms with Gasteiger partial charge in [0.1, 0.15) is 5.75 Å². The molecule has 2 aliphatic heterocycles. The maximum Gasteiger partial charge on any atom is 0.203 e. The van der Waals surface area contributed by atoms with E-state index in [1.807, 2.05) is 18.2 Å². The molecule has 1 unspecified atom stereocenters. The molecule has 0 fully saturated rings. The smallest absolute Gasteiger partial charge is 0.203 e. The Morgan fingerprint density at radius 2 is 1.73 bits per heavy atom. The molecule has 0 saturated carbocycles. The largest absolute Gasteiger partial charge is 0.497 e. The molecule has 6 nitrogen and oxygen atoms in total. The van der Waals surface area contributed by atoms with Crippen molar-refractivity contribution in [2.75, 3.05) is 28.4 Å². The summed E-state index contributed by atoms with van der Waals surface area (Å²) < 4.78 is 22.2. The summed E-state index contributed by atoms with van der Waals surface area (Å²) in [5, 5.41) is 3.04. The summed E-state index contributed by atoms with van der Waals surface area (Å²) in [5.74, 6) is 2.74. The van der Waals surface area contributed by atoms with Crippen LogP contribution in [0.25, 0.3) is 5.70 Å². The van der Waals surface area contributed by atoms with Crippen LogP contribution in [0, 0.1) is 0 Å². The third-order valence-corrected chi connectivity index (χ3v) is 6.46. The molecule has 1 atom stereocenters. The van der Waals surface area contributed by atoms with Crippen molar-refractivity contribution < 1.29 is 18.9 Å². The number of methoxy groups -OCH3 is 4. The second kappa shape index (κ2) is 7.32. The lowest BCUT2D eigenvalue weighted by molar-refractivity contribution is 0.322. The normalized spacial score (nSPS) is 18.6. The average molecular weight is 423 g/mol. The van der Waals surface area contributed by atoms with E-state index < -0.39 is 0 Å². The van der Waals surface area contributed by atoms with E-state index in [0.29, 0.717) is 17.2 Å². The lowest BCUT2D eigenvalue weighted by Crippen LogP contribution is -2.30. The fourth-order valence-corrected chi connectivity index (χ4v) is 5.09. The number of thioether (sulfide) groups is 1. The zero-order valence-electron chi connectivity index (χ0n) is 17.3. The van der Waals surface area contributed by atoms with Crippen LogP contribution < -0.4 is 18.9 Å². The van der Waals surface area contributed by atoms with Gasteiger partial charge in [0.2, 0.25) is 5.75 Å². The SMILES string of the molecule is COc1ccc2c(c1)CC1=C2N=C2SC=CN2C1c1cc(OC)c(OC)c(OC)c1. The van der Waals surface area contributed by atoms with Crippen molar-refractivity contribution in [2.45, 2.75) is 12.5 Å². The summed E-state index contributed by atoms with van der Waals surface area (Å²) in [6, 6.07) is 10.3. The second-order valence-electron chi connectivity index (χ2n) is 7.14. The fourth-order valence-electron chi connectivity index (χ4n) is 4.34. The quantitative estimate of drug-likeness (QED) is 0.701. The highest BCUT2D eigenvalue weighted by Crippen LogP contribution is 2.51. The number of hydrogen-bond donors (Lipinski definition) is 0. The molecule has 0 saturated heterocycles. The number of hydrogen-bond acceptors (Lipinski definition) is 7. The predicted octanol–water partition coefficient (Wildman–Crippen LogP) is 4.62. The minimum atomic E-state index is -0.00847. The van der Waals surface area contributed by atoms with Crippen LogP contribution in [0.4, 0.5) is 0 Å². The molecule has 0 bridgehead atoms. The van der Waals surface area contributed by atoms with Crippen molar-refractivity contribution in [3.8, 4) is 23.0 Å². The van der Waals surface area contributed by atoms with Gasteiger partial charge in [-0.25, -0.2) is 4.99 Å². The van der Waals surface area contributed by atoms with E-state index in [4.69, 9.17) is 23.9 Å². The van der Waals surface area contributed by atoms with Crippen LogP contribution in [-0.2, 0) is 6.42 Å². The zero-order chi connectivity index (χ0) is 20.8. The minimum absolute atomic E-state index is 0.00847.